The van der Waals surface area contributed by atoms with Gasteiger partial charge in [-0.2, -0.15) is 4.98 Å². The summed E-state index contributed by atoms with van der Waals surface area (Å²) in [6.45, 7) is 6.98. The molecule has 0 bridgehead atoms. The Morgan fingerprint density at radius 1 is 0.600 bits per heavy atom. The maximum absolute atomic E-state index is 12.1. The van der Waals surface area contributed by atoms with Crippen molar-refractivity contribution in [2.45, 2.75) is 96.3 Å². The smallest absolute Gasteiger partial charge is 0.303 e. The van der Waals surface area contributed by atoms with Gasteiger partial charge in [0.15, 0.2) is 53.7 Å². The SMILES string of the molecule is CC(=O)OCC1OC(n2cnc3c(-c4ccc(N(C)C)cc4)nc4nccn4c32)C(OC(C)=O)C1OC(C)=O.CC(=O)OCC1OC(n2cnc3c(OC(Cl)N(C)C)nc4nccn4c32)C(OC(C)=O)C1OC(C)=O. The molecule has 0 spiro atoms. The molecule has 2 aliphatic rings. The largest absolute Gasteiger partial charge is 0.463 e. The van der Waals surface area contributed by atoms with Crippen molar-refractivity contribution in [1.82, 2.24) is 52.7 Å². The Morgan fingerprint density at radius 2 is 1.04 bits per heavy atom. The zero-order valence-electron chi connectivity index (χ0n) is 42.3. The lowest BCUT2D eigenvalue weighted by atomic mass is 10.1. The van der Waals surface area contributed by atoms with Crippen molar-refractivity contribution in [2.75, 3.05) is 46.3 Å². The molecule has 0 N–H and O–H groups in total. The molecule has 6 aromatic heterocycles. The van der Waals surface area contributed by atoms with E-state index >= 15 is 0 Å². The predicted octanol–water partition coefficient (Wildman–Crippen LogP) is 3.00. The second kappa shape index (κ2) is 22.2. The number of hydrogen-bond acceptors (Lipinski definition) is 23. The number of anilines is 1. The first-order valence-electron chi connectivity index (χ1n) is 23.1. The van der Waals surface area contributed by atoms with Gasteiger partial charge >= 0.3 is 35.8 Å². The quantitative estimate of drug-likeness (QED) is 0.0469. The van der Waals surface area contributed by atoms with Crippen molar-refractivity contribution >= 4 is 87.0 Å². The summed E-state index contributed by atoms with van der Waals surface area (Å²) in [5, 5.41) is 0. The molecule has 8 heterocycles. The second-order valence-corrected chi connectivity index (χ2v) is 17.9. The highest BCUT2D eigenvalue weighted by Crippen LogP contribution is 2.40. The molecule has 27 nitrogen and oxygen atoms in total. The lowest BCUT2D eigenvalue weighted by molar-refractivity contribution is -0.166. The van der Waals surface area contributed by atoms with E-state index in [1.807, 2.05) is 43.3 Å². The van der Waals surface area contributed by atoms with Crippen LogP contribution in [0.4, 0.5) is 5.69 Å². The molecule has 0 saturated carbocycles. The molecule has 9 atom stereocenters. The second-order valence-electron chi connectivity index (χ2n) is 17.6. The van der Waals surface area contributed by atoms with Crippen LogP contribution >= 0.6 is 11.6 Å². The highest BCUT2D eigenvalue weighted by molar-refractivity contribution is 6.19. The third-order valence-electron chi connectivity index (χ3n) is 11.6. The van der Waals surface area contributed by atoms with E-state index in [4.69, 9.17) is 59.2 Å². The van der Waals surface area contributed by atoms with Gasteiger partial charge in [-0.15, -0.1) is 0 Å². The molecule has 2 saturated heterocycles. The zero-order valence-corrected chi connectivity index (χ0v) is 43.0. The molecule has 0 amide bonds. The van der Waals surface area contributed by atoms with E-state index in [0.717, 1.165) is 11.3 Å². The van der Waals surface area contributed by atoms with Gasteiger partial charge in [0.1, 0.15) is 36.6 Å². The van der Waals surface area contributed by atoms with Gasteiger partial charge in [-0.25, -0.2) is 24.9 Å². The van der Waals surface area contributed by atoms with Gasteiger partial charge < -0.3 is 47.5 Å². The number of halogens is 1. The molecule has 9 rings (SSSR count). The summed E-state index contributed by atoms with van der Waals surface area (Å²) in [5.41, 5.74) is 3.50. The Bertz CT molecular complexity index is 3260. The van der Waals surface area contributed by atoms with Crippen LogP contribution < -0.4 is 9.64 Å². The van der Waals surface area contributed by atoms with E-state index in [-0.39, 0.29) is 24.9 Å². The zero-order chi connectivity index (χ0) is 54.0. The summed E-state index contributed by atoms with van der Waals surface area (Å²) in [6.07, 6.45) is 1.46. The summed E-state index contributed by atoms with van der Waals surface area (Å²) in [6, 6.07) is 7.87. The van der Waals surface area contributed by atoms with Crippen molar-refractivity contribution in [3.8, 4) is 17.1 Å². The van der Waals surface area contributed by atoms with Crippen LogP contribution in [0.3, 0.4) is 0 Å². The fourth-order valence-electron chi connectivity index (χ4n) is 8.49. The number of aromatic nitrogens is 10. The minimum Gasteiger partial charge on any atom is -0.463 e. The predicted molar refractivity (Wildman–Crippen MR) is 260 cm³/mol. The highest BCUT2D eigenvalue weighted by atomic mass is 35.5. The Labute approximate surface area is 431 Å². The lowest BCUT2D eigenvalue weighted by Crippen LogP contribution is -2.40. The monoisotopic (exact) mass is 1060 g/mol. The summed E-state index contributed by atoms with van der Waals surface area (Å²) < 4.78 is 57.2. The van der Waals surface area contributed by atoms with Crippen LogP contribution in [0, 0.1) is 0 Å². The van der Waals surface area contributed by atoms with Gasteiger partial charge in [0, 0.05) is 91.7 Å². The van der Waals surface area contributed by atoms with Gasteiger partial charge in [0.2, 0.25) is 23.1 Å². The maximum atomic E-state index is 12.1. The highest BCUT2D eigenvalue weighted by Gasteiger charge is 2.52. The van der Waals surface area contributed by atoms with E-state index < -0.39 is 90.6 Å². The fraction of sp³-hybridized carbons (Fsp3) is 0.447. The Balaban J connectivity index is 0.000000200. The van der Waals surface area contributed by atoms with Crippen LogP contribution in [0.5, 0.6) is 5.88 Å². The number of ether oxygens (including phenoxy) is 9. The summed E-state index contributed by atoms with van der Waals surface area (Å²) in [5.74, 6) is -2.71. The first-order chi connectivity index (χ1) is 35.7. The summed E-state index contributed by atoms with van der Waals surface area (Å²) in [4.78, 5) is 101. The third kappa shape index (κ3) is 11.4. The molecule has 28 heteroatoms. The van der Waals surface area contributed by atoms with Crippen LogP contribution in [0.15, 0.2) is 61.7 Å². The lowest BCUT2D eigenvalue weighted by Gasteiger charge is -2.24. The molecular weight excluding hydrogens is 1010 g/mol. The average molecular weight is 1060 g/mol. The molecule has 7 aromatic rings. The number of fused-ring (bicyclic) bond motifs is 6. The molecule has 2 aliphatic heterocycles. The average Bonchev–Trinajstić information content (AvgIpc) is 4.23. The van der Waals surface area contributed by atoms with Crippen molar-refractivity contribution in [1.29, 1.82) is 0 Å². The Kier molecular flexibility index (Phi) is 15.8. The fourth-order valence-corrected chi connectivity index (χ4v) is 8.58. The normalized spacial score (nSPS) is 21.7. The number of nitrogens with zero attached hydrogens (tertiary/aromatic N) is 12. The standard InChI is InChI=1S/C26H28N6O7.C21H25ClN6O8/c1-14(33)36-12-19-22(37-15(2)34)23(38-16(3)35)25(39-19)32-13-28-21-20(17-6-8-18(9-7-17)30(4)5)29-26-27-10-11-31(26)24(21)32;1-10(29)32-8-13-15(33-11(2)30)16(34-12(3)31)19(35-13)28-9-24-14-17(36-20(22)26(4)5)25-21-23-6-7-27(21)18(14)28/h6-11,13,19,22-23,25H,12H2,1-5H3;6-7,9,13,15-16,19-20H,8H2,1-5H3. The van der Waals surface area contributed by atoms with E-state index in [1.54, 1.807) is 61.8 Å². The van der Waals surface area contributed by atoms with Crippen LogP contribution in [-0.4, -0.2) is 172 Å². The maximum Gasteiger partial charge on any atom is 0.303 e. The number of hydrogen-bond donors (Lipinski definition) is 0. The number of carbonyl (C=O) groups excluding carboxylic acids is 6. The van der Waals surface area contributed by atoms with E-state index in [9.17, 15) is 28.8 Å². The van der Waals surface area contributed by atoms with Crippen LogP contribution in [0.2, 0.25) is 0 Å². The Morgan fingerprint density at radius 3 is 1.48 bits per heavy atom. The van der Waals surface area contributed by atoms with E-state index in [2.05, 4.69) is 24.9 Å². The molecule has 0 aliphatic carbocycles. The molecule has 2 fully saturated rings. The summed E-state index contributed by atoms with van der Waals surface area (Å²) in [7, 11) is 7.39. The van der Waals surface area contributed by atoms with Gasteiger partial charge in [-0.05, 0) is 26.2 Å². The molecule has 398 valence electrons. The number of rotatable bonds is 15. The first kappa shape index (κ1) is 53.3. The van der Waals surface area contributed by atoms with Crippen LogP contribution in [0.25, 0.3) is 45.1 Å². The van der Waals surface area contributed by atoms with Gasteiger partial charge in [0.05, 0.1) is 12.7 Å². The van der Waals surface area contributed by atoms with Gasteiger partial charge in [-0.3, -0.25) is 51.6 Å². The van der Waals surface area contributed by atoms with Crippen molar-refractivity contribution < 1.29 is 71.4 Å². The van der Waals surface area contributed by atoms with Crippen LogP contribution in [-0.2, 0) is 66.7 Å². The number of esters is 6. The minimum atomic E-state index is -1.09. The number of imidazole rings is 4. The number of carbonyl (C=O) groups is 6. The Hall–Kier alpha value is -8.01. The molecule has 9 unspecified atom stereocenters. The van der Waals surface area contributed by atoms with Gasteiger partial charge in [-0.1, -0.05) is 23.7 Å². The van der Waals surface area contributed by atoms with E-state index in [0.29, 0.717) is 33.8 Å². The van der Waals surface area contributed by atoms with Gasteiger partial charge in [0.25, 0.3) is 0 Å². The molecule has 75 heavy (non-hydrogen) atoms. The van der Waals surface area contributed by atoms with Crippen LogP contribution in [0.1, 0.15) is 54.0 Å². The topological polar surface area (TPSA) is 288 Å². The van der Waals surface area contributed by atoms with Crippen molar-refractivity contribution in [3.05, 3.63) is 61.7 Å². The number of benzene rings is 1. The third-order valence-corrected chi connectivity index (χ3v) is 12.1. The summed E-state index contributed by atoms with van der Waals surface area (Å²) >= 11 is 6.27. The molecule has 1 aromatic carbocycles. The first-order valence-corrected chi connectivity index (χ1v) is 23.5. The van der Waals surface area contributed by atoms with Crippen molar-refractivity contribution in [3.63, 3.8) is 0 Å². The van der Waals surface area contributed by atoms with E-state index in [1.165, 1.54) is 54.1 Å². The number of alkyl halides is 1. The van der Waals surface area contributed by atoms with Crippen molar-refractivity contribution in [2.24, 2.45) is 0 Å². The minimum absolute atomic E-state index is 0.117. The molecule has 0 radical (unpaired) electrons. The molecular formula is C47H53ClN12O15.